The highest BCUT2D eigenvalue weighted by molar-refractivity contribution is 5.36. The minimum absolute atomic E-state index is 0.208. The second-order valence-electron chi connectivity index (χ2n) is 3.75. The number of aromatic amines is 1. The van der Waals surface area contributed by atoms with Gasteiger partial charge in [0, 0.05) is 19.3 Å². The third-order valence-corrected chi connectivity index (χ3v) is 2.65. The van der Waals surface area contributed by atoms with Crippen molar-refractivity contribution >= 4 is 5.82 Å². The van der Waals surface area contributed by atoms with Gasteiger partial charge in [0.05, 0.1) is 31.7 Å². The SMILES string of the molecule is c1nc(N2CC3COCC(C2)O3)c[nH]1. The predicted molar refractivity (Wildman–Crippen MR) is 50.3 cm³/mol. The fourth-order valence-electron chi connectivity index (χ4n) is 2.05. The van der Waals surface area contributed by atoms with E-state index in [0.29, 0.717) is 13.2 Å². The number of fused-ring (bicyclic) bond motifs is 2. The number of ether oxygens (including phenoxy) is 2. The molecule has 2 aliphatic rings. The molecule has 2 aliphatic heterocycles. The molecule has 2 bridgehead atoms. The molecule has 76 valence electrons. The first-order chi connectivity index (χ1) is 6.92. The number of imidazole rings is 1. The minimum Gasteiger partial charge on any atom is -0.376 e. The van der Waals surface area contributed by atoms with Crippen LogP contribution in [0.25, 0.3) is 0 Å². The maximum Gasteiger partial charge on any atom is 0.146 e. The molecule has 14 heavy (non-hydrogen) atoms. The number of hydrogen-bond acceptors (Lipinski definition) is 4. The largest absolute Gasteiger partial charge is 0.376 e. The zero-order valence-electron chi connectivity index (χ0n) is 7.85. The van der Waals surface area contributed by atoms with Gasteiger partial charge in [-0.15, -0.1) is 0 Å². The van der Waals surface area contributed by atoms with Crippen molar-refractivity contribution in [3.63, 3.8) is 0 Å². The number of aromatic nitrogens is 2. The molecule has 0 saturated carbocycles. The Morgan fingerprint density at radius 2 is 2.14 bits per heavy atom. The molecule has 5 nitrogen and oxygen atoms in total. The van der Waals surface area contributed by atoms with Gasteiger partial charge in [0.2, 0.25) is 0 Å². The Balaban J connectivity index is 1.77. The van der Waals surface area contributed by atoms with Gasteiger partial charge in [0.25, 0.3) is 0 Å². The lowest BCUT2D eigenvalue weighted by Crippen LogP contribution is -2.54. The third-order valence-electron chi connectivity index (χ3n) is 2.65. The van der Waals surface area contributed by atoms with Crippen LogP contribution in [0.15, 0.2) is 12.5 Å². The Morgan fingerprint density at radius 3 is 2.79 bits per heavy atom. The second kappa shape index (κ2) is 3.25. The molecule has 1 aromatic rings. The Morgan fingerprint density at radius 1 is 1.36 bits per heavy atom. The second-order valence-corrected chi connectivity index (χ2v) is 3.75. The first-order valence-electron chi connectivity index (χ1n) is 4.89. The summed E-state index contributed by atoms with van der Waals surface area (Å²) in [7, 11) is 0. The Bertz CT molecular complexity index is 289. The van der Waals surface area contributed by atoms with Gasteiger partial charge in [-0.3, -0.25) is 0 Å². The highest BCUT2D eigenvalue weighted by Crippen LogP contribution is 2.20. The third kappa shape index (κ3) is 1.38. The summed E-state index contributed by atoms with van der Waals surface area (Å²) in [6, 6.07) is 0. The molecule has 2 unspecified atom stereocenters. The maximum atomic E-state index is 5.75. The molecule has 0 spiro atoms. The van der Waals surface area contributed by atoms with E-state index in [4.69, 9.17) is 9.47 Å². The average molecular weight is 195 g/mol. The summed E-state index contributed by atoms with van der Waals surface area (Å²) < 4.78 is 11.2. The van der Waals surface area contributed by atoms with Crippen LogP contribution in [0.5, 0.6) is 0 Å². The van der Waals surface area contributed by atoms with Crippen LogP contribution >= 0.6 is 0 Å². The average Bonchev–Trinajstić information content (AvgIpc) is 2.69. The zero-order valence-corrected chi connectivity index (χ0v) is 7.85. The summed E-state index contributed by atoms with van der Waals surface area (Å²) >= 11 is 0. The Kier molecular flexibility index (Phi) is 1.92. The zero-order chi connectivity index (χ0) is 9.38. The van der Waals surface area contributed by atoms with Gasteiger partial charge in [-0.25, -0.2) is 4.98 Å². The molecule has 3 heterocycles. The van der Waals surface area contributed by atoms with Crippen molar-refractivity contribution in [2.75, 3.05) is 31.2 Å². The van der Waals surface area contributed by atoms with Gasteiger partial charge in [0.1, 0.15) is 5.82 Å². The van der Waals surface area contributed by atoms with Crippen LogP contribution in [0.3, 0.4) is 0 Å². The Hall–Kier alpha value is -1.07. The van der Waals surface area contributed by atoms with Crippen LogP contribution in [0.4, 0.5) is 5.82 Å². The van der Waals surface area contributed by atoms with Gasteiger partial charge in [-0.1, -0.05) is 0 Å². The predicted octanol–water partition coefficient (Wildman–Crippen LogP) is 0.0137. The van der Waals surface area contributed by atoms with Gasteiger partial charge >= 0.3 is 0 Å². The van der Waals surface area contributed by atoms with Crippen molar-refractivity contribution in [2.24, 2.45) is 0 Å². The van der Waals surface area contributed by atoms with Gasteiger partial charge in [0.15, 0.2) is 0 Å². The van der Waals surface area contributed by atoms with Crippen molar-refractivity contribution in [1.82, 2.24) is 9.97 Å². The quantitative estimate of drug-likeness (QED) is 0.686. The van der Waals surface area contributed by atoms with E-state index < -0.39 is 0 Å². The first-order valence-corrected chi connectivity index (χ1v) is 4.89. The molecule has 2 atom stereocenters. The normalized spacial score (nSPS) is 31.9. The molecule has 3 rings (SSSR count). The van der Waals surface area contributed by atoms with Crippen molar-refractivity contribution in [1.29, 1.82) is 0 Å². The van der Waals surface area contributed by atoms with Crippen LogP contribution in [0.2, 0.25) is 0 Å². The topological polar surface area (TPSA) is 50.4 Å². The number of nitrogens with one attached hydrogen (secondary N) is 1. The van der Waals surface area contributed by atoms with E-state index >= 15 is 0 Å². The smallest absolute Gasteiger partial charge is 0.146 e. The monoisotopic (exact) mass is 195 g/mol. The minimum atomic E-state index is 0.208. The van der Waals surface area contributed by atoms with E-state index in [1.807, 2.05) is 6.20 Å². The molecule has 1 aromatic heterocycles. The summed E-state index contributed by atoms with van der Waals surface area (Å²) in [6.07, 6.45) is 4.04. The molecular weight excluding hydrogens is 182 g/mol. The van der Waals surface area contributed by atoms with E-state index in [0.717, 1.165) is 18.9 Å². The Labute approximate surface area is 82.0 Å². The van der Waals surface area contributed by atoms with E-state index in [1.165, 1.54) is 0 Å². The van der Waals surface area contributed by atoms with Crippen LogP contribution in [-0.4, -0.2) is 48.5 Å². The number of anilines is 1. The summed E-state index contributed by atoms with van der Waals surface area (Å²) in [4.78, 5) is 9.46. The fourth-order valence-corrected chi connectivity index (χ4v) is 2.05. The van der Waals surface area contributed by atoms with Crippen molar-refractivity contribution < 1.29 is 9.47 Å². The van der Waals surface area contributed by atoms with Crippen molar-refractivity contribution in [3.8, 4) is 0 Å². The molecule has 2 fully saturated rings. The highest BCUT2D eigenvalue weighted by atomic mass is 16.6. The van der Waals surface area contributed by atoms with E-state index in [2.05, 4.69) is 14.9 Å². The van der Waals surface area contributed by atoms with E-state index in [-0.39, 0.29) is 12.2 Å². The lowest BCUT2D eigenvalue weighted by atomic mass is 10.2. The molecule has 1 N–H and O–H groups in total. The number of nitrogens with zero attached hydrogens (tertiary/aromatic N) is 2. The van der Waals surface area contributed by atoms with Crippen LogP contribution < -0.4 is 4.90 Å². The molecule has 5 heteroatoms. The molecule has 0 aliphatic carbocycles. The van der Waals surface area contributed by atoms with Crippen molar-refractivity contribution in [2.45, 2.75) is 12.2 Å². The number of morpholine rings is 1. The lowest BCUT2D eigenvalue weighted by molar-refractivity contribution is -0.144. The number of H-pyrrole nitrogens is 1. The summed E-state index contributed by atoms with van der Waals surface area (Å²) in [6.45, 7) is 3.16. The summed E-state index contributed by atoms with van der Waals surface area (Å²) in [5.74, 6) is 1.00. The molecular formula is C9H13N3O2. The standard InChI is InChI=1S/C9H13N3O2/c1-9(11-6-10-1)12-2-7-4-13-5-8(3-12)14-7/h1,6-8H,2-5H2,(H,10,11). The van der Waals surface area contributed by atoms with Gasteiger partial charge in [-0.2, -0.15) is 0 Å². The number of rotatable bonds is 1. The van der Waals surface area contributed by atoms with Gasteiger partial charge < -0.3 is 19.4 Å². The molecule has 0 amide bonds. The summed E-state index contributed by atoms with van der Waals surface area (Å²) in [5, 5.41) is 0. The van der Waals surface area contributed by atoms with Crippen LogP contribution in [-0.2, 0) is 9.47 Å². The van der Waals surface area contributed by atoms with E-state index in [1.54, 1.807) is 6.33 Å². The lowest BCUT2D eigenvalue weighted by Gasteiger charge is -2.41. The summed E-state index contributed by atoms with van der Waals surface area (Å²) in [5.41, 5.74) is 0. The van der Waals surface area contributed by atoms with Crippen molar-refractivity contribution in [3.05, 3.63) is 12.5 Å². The van der Waals surface area contributed by atoms with Crippen LogP contribution in [0, 0.1) is 0 Å². The molecule has 0 aromatic carbocycles. The maximum absolute atomic E-state index is 5.75. The fraction of sp³-hybridized carbons (Fsp3) is 0.667. The number of hydrogen-bond donors (Lipinski definition) is 1. The molecule has 2 saturated heterocycles. The van der Waals surface area contributed by atoms with Gasteiger partial charge in [-0.05, 0) is 0 Å². The van der Waals surface area contributed by atoms with E-state index in [9.17, 15) is 0 Å². The molecule has 0 radical (unpaired) electrons. The highest BCUT2D eigenvalue weighted by Gasteiger charge is 2.32. The van der Waals surface area contributed by atoms with Crippen LogP contribution in [0.1, 0.15) is 0 Å². The first kappa shape index (κ1) is 8.26.